The Morgan fingerprint density at radius 1 is 0.964 bits per heavy atom. The van der Waals surface area contributed by atoms with E-state index in [1.165, 1.54) is 0 Å². The zero-order valence-electron chi connectivity index (χ0n) is 15.6. The molecule has 7 N–H and O–H groups in total. The zero-order chi connectivity index (χ0) is 20.1. The molecule has 28 heavy (non-hydrogen) atoms. The van der Waals surface area contributed by atoms with E-state index >= 15 is 0 Å². The van der Waals surface area contributed by atoms with Gasteiger partial charge in [-0.2, -0.15) is 0 Å². The van der Waals surface area contributed by atoms with Gasteiger partial charge in [-0.25, -0.2) is 4.79 Å². The largest absolute Gasteiger partial charge is 0.459 e. The van der Waals surface area contributed by atoms with E-state index in [2.05, 4.69) is 17.4 Å². The lowest BCUT2D eigenvalue weighted by atomic mass is 9.98. The fraction of sp³-hybridized carbons (Fsp3) is 0.333. The summed E-state index contributed by atoms with van der Waals surface area (Å²) in [5, 5.41) is 2.82. The standard InChI is InChI=1S/C21H26N4O3/c22-18(10-5-11-25-21(23)24)19(26)20(27)28-12-17-15-8-3-1-6-13(15)14-7-2-4-9-16(14)17/h1-4,6-9,17-18,21,25H,5,10-12,22-24H2/t18-/m0/s1. The summed E-state index contributed by atoms with van der Waals surface area (Å²) in [4.78, 5) is 24.4. The molecular formula is C21H26N4O3. The number of hydrogen-bond donors (Lipinski definition) is 4. The number of benzene rings is 2. The van der Waals surface area contributed by atoms with Gasteiger partial charge < -0.3 is 21.9 Å². The van der Waals surface area contributed by atoms with Crippen molar-refractivity contribution in [2.45, 2.75) is 31.1 Å². The van der Waals surface area contributed by atoms with Gasteiger partial charge in [0.15, 0.2) is 0 Å². The monoisotopic (exact) mass is 382 g/mol. The van der Waals surface area contributed by atoms with Crippen molar-refractivity contribution in [3.8, 4) is 11.1 Å². The Kier molecular flexibility index (Phi) is 6.53. The zero-order valence-corrected chi connectivity index (χ0v) is 15.6. The minimum atomic E-state index is -0.897. The maximum absolute atomic E-state index is 12.2. The molecule has 0 saturated heterocycles. The quantitative estimate of drug-likeness (QED) is 0.218. The predicted octanol–water partition coefficient (Wildman–Crippen LogP) is 0.809. The molecule has 0 unspecified atom stereocenters. The second-order valence-electron chi connectivity index (χ2n) is 6.92. The summed E-state index contributed by atoms with van der Waals surface area (Å²) < 4.78 is 5.34. The molecule has 0 bridgehead atoms. The molecule has 0 amide bonds. The van der Waals surface area contributed by atoms with E-state index in [-0.39, 0.29) is 12.5 Å². The van der Waals surface area contributed by atoms with Crippen LogP contribution in [0.5, 0.6) is 0 Å². The van der Waals surface area contributed by atoms with Crippen LogP contribution in [-0.2, 0) is 14.3 Å². The van der Waals surface area contributed by atoms with Crippen LogP contribution >= 0.6 is 0 Å². The van der Waals surface area contributed by atoms with E-state index in [4.69, 9.17) is 21.9 Å². The highest BCUT2D eigenvalue weighted by Gasteiger charge is 2.30. The Hall–Kier alpha value is -2.58. The minimum Gasteiger partial charge on any atom is -0.459 e. The van der Waals surface area contributed by atoms with Crippen LogP contribution in [-0.4, -0.2) is 37.2 Å². The molecule has 1 aliphatic rings. The van der Waals surface area contributed by atoms with Crippen LogP contribution in [0.25, 0.3) is 11.1 Å². The molecule has 3 rings (SSSR count). The van der Waals surface area contributed by atoms with Crippen molar-refractivity contribution in [2.75, 3.05) is 13.2 Å². The highest BCUT2D eigenvalue weighted by Crippen LogP contribution is 2.44. The molecule has 0 aromatic heterocycles. The van der Waals surface area contributed by atoms with Gasteiger partial charge >= 0.3 is 5.97 Å². The Balaban J connectivity index is 1.58. The van der Waals surface area contributed by atoms with Crippen LogP contribution in [0.2, 0.25) is 0 Å². The number of carbonyl (C=O) groups excluding carboxylic acids is 2. The lowest BCUT2D eigenvalue weighted by Gasteiger charge is -2.15. The Labute approximate surface area is 164 Å². The number of nitrogens with one attached hydrogen (secondary N) is 1. The molecule has 2 aromatic rings. The highest BCUT2D eigenvalue weighted by atomic mass is 16.5. The fourth-order valence-electron chi connectivity index (χ4n) is 3.54. The first-order valence-electron chi connectivity index (χ1n) is 9.38. The van der Waals surface area contributed by atoms with Gasteiger partial charge in [-0.3, -0.25) is 10.1 Å². The lowest BCUT2D eigenvalue weighted by Crippen LogP contribution is -2.46. The number of nitrogens with two attached hydrogens (primary N) is 3. The smallest absolute Gasteiger partial charge is 0.376 e. The second kappa shape index (κ2) is 9.07. The molecular weight excluding hydrogens is 356 g/mol. The summed E-state index contributed by atoms with van der Waals surface area (Å²) in [5.74, 6) is -1.69. The van der Waals surface area contributed by atoms with Gasteiger partial charge in [0.2, 0.25) is 0 Å². The molecule has 0 radical (unpaired) electrons. The number of Topliss-reactive ketones (excluding diaryl/α,β-unsaturated/α-hetero) is 1. The number of carbonyl (C=O) groups is 2. The Morgan fingerprint density at radius 2 is 1.54 bits per heavy atom. The number of ketones is 1. The first-order valence-corrected chi connectivity index (χ1v) is 9.38. The van der Waals surface area contributed by atoms with Gasteiger partial charge in [-0.1, -0.05) is 48.5 Å². The van der Waals surface area contributed by atoms with E-state index in [1.807, 2.05) is 36.4 Å². The van der Waals surface area contributed by atoms with Crippen molar-refractivity contribution in [2.24, 2.45) is 17.2 Å². The topological polar surface area (TPSA) is 133 Å². The van der Waals surface area contributed by atoms with E-state index in [0.717, 1.165) is 22.3 Å². The molecule has 0 spiro atoms. The van der Waals surface area contributed by atoms with E-state index in [1.54, 1.807) is 0 Å². The average Bonchev–Trinajstić information content (AvgIpc) is 3.02. The summed E-state index contributed by atoms with van der Waals surface area (Å²) in [6.45, 7) is 0.623. The normalized spacial score (nSPS) is 13.9. The highest BCUT2D eigenvalue weighted by molar-refractivity contribution is 6.35. The molecule has 0 heterocycles. The van der Waals surface area contributed by atoms with Crippen LogP contribution in [0.15, 0.2) is 48.5 Å². The molecule has 7 heteroatoms. The summed E-state index contributed by atoms with van der Waals surface area (Å²) in [6.07, 6.45) is 0.311. The maximum atomic E-state index is 12.2. The van der Waals surface area contributed by atoms with Crippen LogP contribution < -0.4 is 22.5 Å². The van der Waals surface area contributed by atoms with Crippen LogP contribution in [0.4, 0.5) is 0 Å². The first-order chi connectivity index (χ1) is 13.5. The molecule has 1 atom stereocenters. The SMILES string of the molecule is NC(N)NCCC[C@H](N)C(=O)C(=O)OCC1c2ccccc2-c2ccccc21. The Bertz CT molecular complexity index is 808. The lowest BCUT2D eigenvalue weighted by molar-refractivity contribution is -0.154. The van der Waals surface area contributed by atoms with Gasteiger partial charge in [0.25, 0.3) is 5.78 Å². The third-order valence-electron chi connectivity index (χ3n) is 4.95. The molecule has 0 aliphatic heterocycles. The fourth-order valence-corrected chi connectivity index (χ4v) is 3.54. The van der Waals surface area contributed by atoms with Crippen molar-refractivity contribution in [3.05, 3.63) is 59.7 Å². The summed E-state index contributed by atoms with van der Waals surface area (Å²) in [7, 11) is 0. The summed E-state index contributed by atoms with van der Waals surface area (Å²) in [5.41, 5.74) is 21.0. The Morgan fingerprint density at radius 3 is 2.11 bits per heavy atom. The van der Waals surface area contributed by atoms with E-state index in [9.17, 15) is 9.59 Å². The number of esters is 1. The molecule has 2 aromatic carbocycles. The number of fused-ring (bicyclic) bond motifs is 3. The molecule has 1 aliphatic carbocycles. The molecule has 0 fully saturated rings. The molecule has 0 saturated carbocycles. The van der Waals surface area contributed by atoms with E-state index in [0.29, 0.717) is 19.4 Å². The first kappa shape index (κ1) is 20.2. The van der Waals surface area contributed by atoms with Crippen molar-refractivity contribution < 1.29 is 14.3 Å². The predicted molar refractivity (Wildman–Crippen MR) is 107 cm³/mol. The molecule has 7 nitrogen and oxygen atoms in total. The van der Waals surface area contributed by atoms with Gasteiger partial charge in [0.1, 0.15) is 12.9 Å². The van der Waals surface area contributed by atoms with Crippen molar-refractivity contribution in [3.63, 3.8) is 0 Å². The minimum absolute atomic E-state index is 0.0874. The average molecular weight is 382 g/mol. The van der Waals surface area contributed by atoms with Crippen molar-refractivity contribution >= 4 is 11.8 Å². The summed E-state index contributed by atoms with van der Waals surface area (Å²) in [6, 6.07) is 15.2. The van der Waals surface area contributed by atoms with Crippen molar-refractivity contribution in [1.82, 2.24) is 5.32 Å². The molecule has 148 valence electrons. The third-order valence-corrected chi connectivity index (χ3v) is 4.95. The third kappa shape index (κ3) is 4.45. The van der Waals surface area contributed by atoms with Crippen LogP contribution in [0, 0.1) is 0 Å². The van der Waals surface area contributed by atoms with Crippen molar-refractivity contribution in [1.29, 1.82) is 0 Å². The van der Waals surface area contributed by atoms with Gasteiger partial charge in [0.05, 0.1) is 6.04 Å². The number of hydrogen-bond acceptors (Lipinski definition) is 7. The van der Waals surface area contributed by atoms with Gasteiger partial charge in [-0.05, 0) is 41.6 Å². The maximum Gasteiger partial charge on any atom is 0.376 e. The number of rotatable bonds is 9. The van der Waals surface area contributed by atoms with Gasteiger partial charge in [0, 0.05) is 5.92 Å². The number of ether oxygens (including phenoxy) is 1. The van der Waals surface area contributed by atoms with Crippen LogP contribution in [0.1, 0.15) is 29.9 Å². The van der Waals surface area contributed by atoms with Gasteiger partial charge in [-0.15, -0.1) is 0 Å². The van der Waals surface area contributed by atoms with E-state index < -0.39 is 24.1 Å². The second-order valence-corrected chi connectivity index (χ2v) is 6.92. The summed E-state index contributed by atoms with van der Waals surface area (Å²) >= 11 is 0. The van der Waals surface area contributed by atoms with Crippen LogP contribution in [0.3, 0.4) is 0 Å².